The summed E-state index contributed by atoms with van der Waals surface area (Å²) in [5.74, 6) is -2.79. The third-order valence-corrected chi connectivity index (χ3v) is 3.85. The van der Waals surface area contributed by atoms with Crippen LogP contribution in [0.4, 0.5) is 8.78 Å². The van der Waals surface area contributed by atoms with Crippen LogP contribution < -0.4 is 4.74 Å². The normalized spacial score (nSPS) is 14.9. The van der Waals surface area contributed by atoms with Gasteiger partial charge >= 0.3 is 0 Å². The van der Waals surface area contributed by atoms with Crippen LogP contribution in [0.5, 0.6) is 17.2 Å². The second-order valence-corrected chi connectivity index (χ2v) is 6.47. The van der Waals surface area contributed by atoms with Crippen molar-refractivity contribution in [3.05, 3.63) is 64.7 Å². The van der Waals surface area contributed by atoms with Crippen LogP contribution in [0, 0.1) is 11.6 Å². The number of carbonyl (C=O) groups is 1. The van der Waals surface area contributed by atoms with Crippen LogP contribution in [-0.2, 0) is 0 Å². The van der Waals surface area contributed by atoms with Gasteiger partial charge in [0.1, 0.15) is 40.0 Å². The average Bonchev–Trinajstić information content (AvgIpc) is 2.50. The van der Waals surface area contributed by atoms with Crippen molar-refractivity contribution in [2.75, 3.05) is 0 Å². The summed E-state index contributed by atoms with van der Waals surface area (Å²) in [6.07, 6.45) is 5.63. The summed E-state index contributed by atoms with van der Waals surface area (Å²) in [6, 6.07) is 3.92. The van der Waals surface area contributed by atoms with E-state index in [4.69, 9.17) is 4.74 Å². The summed E-state index contributed by atoms with van der Waals surface area (Å²) in [5.41, 5.74) is -0.444. The molecule has 1 heterocycles. The molecule has 0 fully saturated rings. The van der Waals surface area contributed by atoms with E-state index in [1.807, 2.05) is 0 Å². The van der Waals surface area contributed by atoms with E-state index in [1.165, 1.54) is 6.08 Å². The Kier molecular flexibility index (Phi) is 4.28. The first-order valence-corrected chi connectivity index (χ1v) is 7.82. The molecule has 1 aliphatic rings. The summed E-state index contributed by atoms with van der Waals surface area (Å²) < 4.78 is 32.2. The molecule has 0 unspecified atom stereocenters. The summed E-state index contributed by atoms with van der Waals surface area (Å²) in [7, 11) is 0. The third-order valence-electron chi connectivity index (χ3n) is 3.85. The fourth-order valence-corrected chi connectivity index (χ4v) is 2.66. The lowest BCUT2D eigenvalue weighted by atomic mass is 9.96. The van der Waals surface area contributed by atoms with Crippen molar-refractivity contribution >= 4 is 17.9 Å². The molecule has 26 heavy (non-hydrogen) atoms. The first-order chi connectivity index (χ1) is 12.2. The third kappa shape index (κ3) is 3.44. The molecule has 0 saturated heterocycles. The van der Waals surface area contributed by atoms with Crippen LogP contribution in [-0.4, -0.2) is 21.6 Å². The second-order valence-electron chi connectivity index (χ2n) is 6.47. The van der Waals surface area contributed by atoms with Crippen molar-refractivity contribution in [2.45, 2.75) is 19.4 Å². The number of allylic oxidation sites excluding steroid dienone is 1. The summed E-state index contributed by atoms with van der Waals surface area (Å²) in [4.78, 5) is 12.6. The fourth-order valence-electron chi connectivity index (χ4n) is 2.66. The summed E-state index contributed by atoms with van der Waals surface area (Å²) in [5, 5.41) is 20.1. The number of benzene rings is 2. The van der Waals surface area contributed by atoms with Crippen LogP contribution in [0.15, 0.2) is 36.4 Å². The number of aromatic hydroxyl groups is 2. The molecule has 2 aromatic rings. The van der Waals surface area contributed by atoms with E-state index in [2.05, 4.69) is 0 Å². The molecule has 3 rings (SSSR count). The smallest absolute Gasteiger partial charge is 0.193 e. The molecule has 6 heteroatoms. The molecular weight excluding hydrogens is 342 g/mol. The Balaban J connectivity index is 2.03. The minimum atomic E-state index is -0.767. The van der Waals surface area contributed by atoms with Crippen LogP contribution in [0.1, 0.15) is 35.3 Å². The van der Waals surface area contributed by atoms with Crippen LogP contribution in [0.3, 0.4) is 0 Å². The van der Waals surface area contributed by atoms with Gasteiger partial charge in [-0.3, -0.25) is 4.79 Å². The van der Waals surface area contributed by atoms with Gasteiger partial charge in [0.25, 0.3) is 0 Å². The molecule has 4 nitrogen and oxygen atoms in total. The fraction of sp³-hybridized carbons (Fsp3) is 0.150. The van der Waals surface area contributed by atoms with Crippen molar-refractivity contribution in [1.82, 2.24) is 0 Å². The summed E-state index contributed by atoms with van der Waals surface area (Å²) >= 11 is 0. The van der Waals surface area contributed by atoms with Crippen LogP contribution in [0.25, 0.3) is 12.2 Å². The molecule has 0 saturated carbocycles. The predicted octanol–water partition coefficient (Wildman–Crippen LogP) is 4.46. The molecule has 0 amide bonds. The highest BCUT2D eigenvalue weighted by Crippen LogP contribution is 2.43. The number of fused-ring (bicyclic) bond motifs is 1. The maximum absolute atomic E-state index is 13.2. The number of ether oxygens (including phenoxy) is 1. The Bertz CT molecular complexity index is 939. The van der Waals surface area contributed by atoms with Gasteiger partial charge in [0, 0.05) is 12.1 Å². The minimum Gasteiger partial charge on any atom is -0.507 e. The molecule has 1 aliphatic heterocycles. The topological polar surface area (TPSA) is 66.8 Å². The molecule has 0 spiro atoms. The number of phenols is 2. The van der Waals surface area contributed by atoms with Gasteiger partial charge in [-0.1, -0.05) is 6.08 Å². The van der Waals surface area contributed by atoms with Crippen molar-refractivity contribution in [2.24, 2.45) is 0 Å². The highest BCUT2D eigenvalue weighted by Gasteiger charge is 2.29. The molecule has 0 bridgehead atoms. The van der Waals surface area contributed by atoms with Gasteiger partial charge in [0.15, 0.2) is 5.78 Å². The van der Waals surface area contributed by atoms with E-state index in [0.29, 0.717) is 0 Å². The number of rotatable bonds is 3. The number of ketones is 1. The molecule has 2 aromatic carbocycles. The van der Waals surface area contributed by atoms with Crippen LogP contribution >= 0.6 is 0 Å². The molecular formula is C20H16F2O4. The quantitative estimate of drug-likeness (QED) is 0.628. The van der Waals surface area contributed by atoms with Gasteiger partial charge in [0.2, 0.25) is 0 Å². The molecule has 0 aromatic heterocycles. The number of phenolic OH excluding ortho intramolecular Hbond substituents is 2. The van der Waals surface area contributed by atoms with E-state index in [0.717, 1.165) is 30.3 Å². The van der Waals surface area contributed by atoms with Gasteiger partial charge in [-0.2, -0.15) is 0 Å². The largest absolute Gasteiger partial charge is 0.507 e. The Morgan fingerprint density at radius 3 is 2.38 bits per heavy atom. The lowest BCUT2D eigenvalue weighted by Crippen LogP contribution is -2.28. The van der Waals surface area contributed by atoms with Gasteiger partial charge in [-0.05, 0) is 49.8 Å². The standard InChI is InChI=1S/C20H16F2O4/c1-20(2)6-5-14-16(24)10-17(25)18(19(14)26-20)15(23)4-3-11-7-12(21)9-13(22)8-11/h3-10,24-25H,1-2H3/b4-3+. The van der Waals surface area contributed by atoms with E-state index >= 15 is 0 Å². The van der Waals surface area contributed by atoms with Gasteiger partial charge in [-0.25, -0.2) is 8.78 Å². The molecule has 2 N–H and O–H groups in total. The highest BCUT2D eigenvalue weighted by molar-refractivity contribution is 6.11. The molecule has 134 valence electrons. The van der Waals surface area contributed by atoms with Crippen molar-refractivity contribution in [3.8, 4) is 17.2 Å². The average molecular weight is 358 g/mol. The predicted molar refractivity (Wildman–Crippen MR) is 93.2 cm³/mol. The van der Waals surface area contributed by atoms with E-state index in [9.17, 15) is 23.8 Å². The van der Waals surface area contributed by atoms with E-state index < -0.39 is 28.8 Å². The zero-order chi connectivity index (χ0) is 19.1. The number of hydrogen-bond acceptors (Lipinski definition) is 4. The van der Waals surface area contributed by atoms with E-state index in [1.54, 1.807) is 26.0 Å². The van der Waals surface area contributed by atoms with Crippen LogP contribution in [0.2, 0.25) is 0 Å². The Morgan fingerprint density at radius 2 is 1.73 bits per heavy atom. The molecule has 0 aliphatic carbocycles. The lowest BCUT2D eigenvalue weighted by molar-refractivity contribution is 0.103. The van der Waals surface area contributed by atoms with Gasteiger partial charge < -0.3 is 14.9 Å². The first kappa shape index (κ1) is 17.7. The number of halogens is 2. The lowest BCUT2D eigenvalue weighted by Gasteiger charge is -2.29. The Labute approximate surface area is 148 Å². The number of hydrogen-bond donors (Lipinski definition) is 2. The maximum atomic E-state index is 13.2. The zero-order valence-corrected chi connectivity index (χ0v) is 14.1. The Hall–Kier alpha value is -3.15. The van der Waals surface area contributed by atoms with Crippen molar-refractivity contribution in [1.29, 1.82) is 0 Å². The first-order valence-electron chi connectivity index (χ1n) is 7.82. The maximum Gasteiger partial charge on any atom is 0.193 e. The van der Waals surface area contributed by atoms with Gasteiger partial charge in [-0.15, -0.1) is 0 Å². The van der Waals surface area contributed by atoms with Gasteiger partial charge in [0.05, 0.1) is 5.56 Å². The molecule has 0 radical (unpaired) electrons. The Morgan fingerprint density at radius 1 is 1.08 bits per heavy atom. The SMILES string of the molecule is CC1(C)C=Cc2c(O)cc(O)c(C(=O)/C=C/c3cc(F)cc(F)c3)c2O1. The minimum absolute atomic E-state index is 0.0510. The molecule has 0 atom stereocenters. The van der Waals surface area contributed by atoms with E-state index in [-0.39, 0.29) is 28.2 Å². The monoisotopic (exact) mass is 358 g/mol. The zero-order valence-electron chi connectivity index (χ0n) is 14.1. The highest BCUT2D eigenvalue weighted by atomic mass is 19.1. The van der Waals surface area contributed by atoms with Crippen molar-refractivity contribution < 1.29 is 28.5 Å². The second kappa shape index (κ2) is 6.29. The summed E-state index contributed by atoms with van der Waals surface area (Å²) in [6.45, 7) is 3.51. The number of carbonyl (C=O) groups excluding carboxylic acids is 1. The van der Waals surface area contributed by atoms with Crippen molar-refractivity contribution in [3.63, 3.8) is 0 Å².